The maximum atomic E-state index is 14.2. The molecular formula is C19H18F4O4. The van der Waals surface area contributed by atoms with Crippen LogP contribution in [-0.4, -0.2) is 36.6 Å². The molecule has 0 aromatic heterocycles. The Morgan fingerprint density at radius 3 is 1.30 bits per heavy atom. The summed E-state index contributed by atoms with van der Waals surface area (Å²) in [5.41, 5.74) is -0.401. The summed E-state index contributed by atoms with van der Waals surface area (Å²) in [4.78, 5) is 0. The molecule has 1 fully saturated rings. The van der Waals surface area contributed by atoms with Gasteiger partial charge in [0.25, 0.3) is 0 Å². The fraction of sp³-hybridized carbons (Fsp3) is 0.368. The van der Waals surface area contributed by atoms with Crippen molar-refractivity contribution < 1.29 is 37.2 Å². The Kier molecular flexibility index (Phi) is 5.57. The molecule has 27 heavy (non-hydrogen) atoms. The predicted octanol–water partition coefficient (Wildman–Crippen LogP) is 3.07. The number of aliphatic hydroxyl groups excluding tert-OH is 2. The van der Waals surface area contributed by atoms with Crippen LogP contribution in [0.25, 0.3) is 0 Å². The lowest BCUT2D eigenvalue weighted by atomic mass is 9.87. The highest BCUT2D eigenvalue weighted by molar-refractivity contribution is 5.49. The number of ether oxygens (including phenoxy) is 2. The Labute approximate surface area is 153 Å². The van der Waals surface area contributed by atoms with Crippen molar-refractivity contribution in [1.29, 1.82) is 0 Å². The molecule has 1 saturated carbocycles. The minimum atomic E-state index is -0.950. The average molecular weight is 386 g/mol. The van der Waals surface area contributed by atoms with Crippen LogP contribution in [0.4, 0.5) is 17.6 Å². The van der Waals surface area contributed by atoms with E-state index in [0.717, 1.165) is 24.3 Å². The normalized spacial score (nSPS) is 14.9. The SMILES string of the molecule is OCCOc1c(F)cc(C2(c3cc(F)c(OCCO)c(F)c3)CC2)cc1F. The number of hydrogen-bond donors (Lipinski definition) is 2. The molecule has 2 aromatic rings. The summed E-state index contributed by atoms with van der Waals surface area (Å²) in [6.45, 7) is -1.31. The summed E-state index contributed by atoms with van der Waals surface area (Å²) in [7, 11) is 0. The summed E-state index contributed by atoms with van der Waals surface area (Å²) in [6.07, 6.45) is 0.941. The molecule has 2 aromatic carbocycles. The highest BCUT2D eigenvalue weighted by atomic mass is 19.1. The van der Waals surface area contributed by atoms with Crippen LogP contribution in [0.2, 0.25) is 0 Å². The van der Waals surface area contributed by atoms with E-state index >= 15 is 0 Å². The van der Waals surface area contributed by atoms with Crippen LogP contribution in [0.15, 0.2) is 24.3 Å². The smallest absolute Gasteiger partial charge is 0.190 e. The molecule has 0 unspecified atom stereocenters. The minimum absolute atomic E-state index is 0.247. The molecule has 146 valence electrons. The number of halogens is 4. The van der Waals surface area contributed by atoms with Crippen LogP contribution in [0.3, 0.4) is 0 Å². The van der Waals surface area contributed by atoms with Gasteiger partial charge in [0.2, 0.25) is 0 Å². The quantitative estimate of drug-likeness (QED) is 0.685. The highest BCUT2D eigenvalue weighted by Crippen LogP contribution is 2.54. The molecule has 0 amide bonds. The Bertz CT molecular complexity index is 725. The molecule has 3 rings (SSSR count). The third-order valence-electron chi connectivity index (χ3n) is 4.53. The van der Waals surface area contributed by atoms with Crippen molar-refractivity contribution in [3.63, 3.8) is 0 Å². The Morgan fingerprint density at radius 1 is 0.704 bits per heavy atom. The van der Waals surface area contributed by atoms with Gasteiger partial charge in [0.05, 0.1) is 13.2 Å². The zero-order valence-corrected chi connectivity index (χ0v) is 14.3. The molecule has 0 heterocycles. The topological polar surface area (TPSA) is 58.9 Å². The predicted molar refractivity (Wildman–Crippen MR) is 87.9 cm³/mol. The molecule has 2 N–H and O–H groups in total. The summed E-state index contributed by atoms with van der Waals surface area (Å²) < 4.78 is 66.6. The standard InChI is InChI=1S/C19H18F4O4/c20-13-7-11(8-14(21)17(13)26-5-3-24)19(1-2-19)12-9-15(22)18(16(23)10-12)27-6-4-25/h7-10,24-25H,1-6H2. The fourth-order valence-corrected chi connectivity index (χ4v) is 3.11. The van der Waals surface area contributed by atoms with Gasteiger partial charge in [0.15, 0.2) is 34.8 Å². The van der Waals surface area contributed by atoms with Crippen molar-refractivity contribution in [3.8, 4) is 11.5 Å². The Morgan fingerprint density at radius 2 is 1.04 bits per heavy atom. The van der Waals surface area contributed by atoms with Gasteiger partial charge in [0, 0.05) is 5.41 Å². The second kappa shape index (κ2) is 7.74. The van der Waals surface area contributed by atoms with Crippen molar-refractivity contribution in [2.24, 2.45) is 0 Å². The first-order valence-electron chi connectivity index (χ1n) is 8.39. The van der Waals surface area contributed by atoms with Crippen LogP contribution in [0, 0.1) is 23.3 Å². The zero-order valence-electron chi connectivity index (χ0n) is 14.3. The molecule has 0 bridgehead atoms. The summed E-state index contributed by atoms with van der Waals surface area (Å²) in [5, 5.41) is 17.4. The zero-order chi connectivity index (χ0) is 19.6. The summed E-state index contributed by atoms with van der Waals surface area (Å²) in [6, 6.07) is 4.31. The van der Waals surface area contributed by atoms with E-state index in [1.54, 1.807) is 0 Å². The van der Waals surface area contributed by atoms with Crippen LogP contribution in [-0.2, 0) is 5.41 Å². The first-order chi connectivity index (χ1) is 12.9. The van der Waals surface area contributed by atoms with E-state index in [9.17, 15) is 17.6 Å². The van der Waals surface area contributed by atoms with Crippen LogP contribution >= 0.6 is 0 Å². The minimum Gasteiger partial charge on any atom is -0.485 e. The van der Waals surface area contributed by atoms with Gasteiger partial charge < -0.3 is 19.7 Å². The third-order valence-corrected chi connectivity index (χ3v) is 4.53. The molecule has 0 aliphatic heterocycles. The molecule has 0 spiro atoms. The Balaban J connectivity index is 1.96. The van der Waals surface area contributed by atoms with Gasteiger partial charge in [-0.3, -0.25) is 0 Å². The maximum absolute atomic E-state index is 14.2. The van der Waals surface area contributed by atoms with Crippen molar-refractivity contribution in [3.05, 3.63) is 58.7 Å². The van der Waals surface area contributed by atoms with Crippen molar-refractivity contribution in [1.82, 2.24) is 0 Å². The van der Waals surface area contributed by atoms with Gasteiger partial charge in [-0.05, 0) is 48.2 Å². The van der Waals surface area contributed by atoms with E-state index in [2.05, 4.69) is 0 Å². The van der Waals surface area contributed by atoms with E-state index in [-0.39, 0.29) is 24.3 Å². The van der Waals surface area contributed by atoms with E-state index < -0.39 is 53.4 Å². The molecule has 1 aliphatic rings. The second-order valence-corrected chi connectivity index (χ2v) is 6.26. The first-order valence-corrected chi connectivity index (χ1v) is 8.39. The lowest BCUT2D eigenvalue weighted by molar-refractivity contribution is 0.190. The van der Waals surface area contributed by atoms with E-state index in [0.29, 0.717) is 12.8 Å². The summed E-state index contributed by atoms with van der Waals surface area (Å²) in [5.74, 6) is -5.01. The summed E-state index contributed by atoms with van der Waals surface area (Å²) >= 11 is 0. The van der Waals surface area contributed by atoms with E-state index in [1.165, 1.54) is 0 Å². The average Bonchev–Trinajstić information content (AvgIpc) is 3.42. The maximum Gasteiger partial charge on any atom is 0.190 e. The Hall–Kier alpha value is -2.32. The number of rotatable bonds is 8. The van der Waals surface area contributed by atoms with Crippen molar-refractivity contribution in [2.75, 3.05) is 26.4 Å². The van der Waals surface area contributed by atoms with Gasteiger partial charge in [0.1, 0.15) is 13.2 Å². The van der Waals surface area contributed by atoms with Gasteiger partial charge in [-0.25, -0.2) is 17.6 Å². The van der Waals surface area contributed by atoms with Crippen molar-refractivity contribution >= 4 is 0 Å². The van der Waals surface area contributed by atoms with Crippen LogP contribution < -0.4 is 9.47 Å². The molecule has 0 radical (unpaired) electrons. The molecule has 1 aliphatic carbocycles. The lowest BCUT2D eigenvalue weighted by Crippen LogP contribution is -2.13. The lowest BCUT2D eigenvalue weighted by Gasteiger charge is -2.19. The molecule has 8 heteroatoms. The number of hydrogen-bond acceptors (Lipinski definition) is 4. The van der Waals surface area contributed by atoms with Crippen LogP contribution in [0.5, 0.6) is 11.5 Å². The monoisotopic (exact) mass is 386 g/mol. The second-order valence-electron chi connectivity index (χ2n) is 6.26. The van der Waals surface area contributed by atoms with E-state index in [4.69, 9.17) is 19.7 Å². The number of benzene rings is 2. The van der Waals surface area contributed by atoms with Crippen LogP contribution in [0.1, 0.15) is 24.0 Å². The third kappa shape index (κ3) is 3.72. The highest BCUT2D eigenvalue weighted by Gasteiger charge is 2.47. The molecule has 0 atom stereocenters. The van der Waals surface area contributed by atoms with Crippen molar-refractivity contribution in [2.45, 2.75) is 18.3 Å². The van der Waals surface area contributed by atoms with Gasteiger partial charge in [-0.15, -0.1) is 0 Å². The van der Waals surface area contributed by atoms with Gasteiger partial charge in [-0.1, -0.05) is 0 Å². The first kappa shape index (κ1) is 19.4. The van der Waals surface area contributed by atoms with Gasteiger partial charge >= 0.3 is 0 Å². The largest absolute Gasteiger partial charge is 0.485 e. The molecule has 0 saturated heterocycles. The molecule has 4 nitrogen and oxygen atoms in total. The number of aliphatic hydroxyl groups is 2. The molecular weight excluding hydrogens is 368 g/mol. The van der Waals surface area contributed by atoms with E-state index in [1.807, 2.05) is 0 Å². The van der Waals surface area contributed by atoms with Gasteiger partial charge in [-0.2, -0.15) is 0 Å². The fourth-order valence-electron chi connectivity index (χ4n) is 3.11.